The molecule has 0 amide bonds. The van der Waals surface area contributed by atoms with Crippen molar-refractivity contribution in [1.82, 2.24) is 14.9 Å². The van der Waals surface area contributed by atoms with Crippen molar-refractivity contribution in [3.05, 3.63) is 58.9 Å². The number of hydrogen-bond acceptors (Lipinski definition) is 4. The zero-order chi connectivity index (χ0) is 18.5. The van der Waals surface area contributed by atoms with Crippen LogP contribution in [0, 0.1) is 12.8 Å². The largest absolute Gasteiger partial charge is 0.496 e. The lowest BCUT2D eigenvalue weighted by Crippen LogP contribution is -2.26. The van der Waals surface area contributed by atoms with Crippen molar-refractivity contribution in [2.24, 2.45) is 5.92 Å². The minimum atomic E-state index is -0.375. The normalized spacial score (nSPS) is 24.0. The second kappa shape index (κ2) is 6.36. The second-order valence-corrected chi connectivity index (χ2v) is 7.88. The Morgan fingerprint density at radius 2 is 2.15 bits per heavy atom. The molecule has 140 valence electrons. The molecular weight excluding hydrogens is 338 g/mol. The highest BCUT2D eigenvalue weighted by molar-refractivity contribution is 5.78. The third-order valence-electron chi connectivity index (χ3n) is 6.21. The lowest BCUT2D eigenvalue weighted by molar-refractivity contribution is 0.125. The first-order valence-electron chi connectivity index (χ1n) is 9.67. The Labute approximate surface area is 159 Å². The molecule has 5 heteroatoms. The van der Waals surface area contributed by atoms with Gasteiger partial charge in [0.15, 0.2) is 0 Å². The number of hydrogen-bond donors (Lipinski definition) is 2. The lowest BCUT2D eigenvalue weighted by Gasteiger charge is -2.31. The summed E-state index contributed by atoms with van der Waals surface area (Å²) in [6, 6.07) is 11.0. The van der Waals surface area contributed by atoms with Gasteiger partial charge in [0, 0.05) is 12.6 Å². The summed E-state index contributed by atoms with van der Waals surface area (Å²) in [7, 11) is 1.70. The average molecular weight is 363 g/mol. The summed E-state index contributed by atoms with van der Waals surface area (Å²) in [5.41, 5.74) is 6.73. The van der Waals surface area contributed by atoms with Gasteiger partial charge in [-0.25, -0.2) is 4.98 Å². The lowest BCUT2D eigenvalue weighted by atomic mass is 9.78. The molecule has 1 aliphatic heterocycles. The van der Waals surface area contributed by atoms with Crippen LogP contribution < -0.4 is 10.1 Å². The number of imidazole rings is 1. The summed E-state index contributed by atoms with van der Waals surface area (Å²) in [4.78, 5) is 4.61. The van der Waals surface area contributed by atoms with E-state index < -0.39 is 0 Å². The highest BCUT2D eigenvalue weighted by Crippen LogP contribution is 2.45. The zero-order valence-electron chi connectivity index (χ0n) is 15.8. The zero-order valence-corrected chi connectivity index (χ0v) is 15.8. The number of aliphatic hydroxyl groups is 1. The van der Waals surface area contributed by atoms with Gasteiger partial charge in [-0.3, -0.25) is 0 Å². The number of rotatable bonds is 3. The fourth-order valence-electron chi connectivity index (χ4n) is 4.85. The van der Waals surface area contributed by atoms with Crippen LogP contribution in [0.1, 0.15) is 47.2 Å². The number of fused-ring (bicyclic) bond motifs is 4. The maximum atomic E-state index is 10.6. The van der Waals surface area contributed by atoms with Crippen LogP contribution in [0.4, 0.5) is 0 Å². The smallest absolute Gasteiger partial charge is 0.121 e. The second-order valence-electron chi connectivity index (χ2n) is 7.88. The fourth-order valence-corrected chi connectivity index (χ4v) is 4.85. The van der Waals surface area contributed by atoms with Crippen LogP contribution in [0.15, 0.2) is 36.7 Å². The first-order valence-corrected chi connectivity index (χ1v) is 9.67. The molecule has 1 fully saturated rings. The molecule has 2 aliphatic rings. The monoisotopic (exact) mass is 363 g/mol. The molecule has 0 spiro atoms. The molecule has 1 saturated heterocycles. The minimum Gasteiger partial charge on any atom is -0.496 e. The summed E-state index contributed by atoms with van der Waals surface area (Å²) in [5.74, 6) is 1.45. The average Bonchev–Trinajstić information content (AvgIpc) is 3.28. The molecule has 5 rings (SSSR count). The topological polar surface area (TPSA) is 59.3 Å². The maximum absolute atomic E-state index is 10.6. The number of nitrogens with zero attached hydrogens (tertiary/aromatic N) is 2. The summed E-state index contributed by atoms with van der Waals surface area (Å²) in [6.45, 7) is 3.87. The van der Waals surface area contributed by atoms with Crippen molar-refractivity contribution in [2.45, 2.75) is 38.5 Å². The van der Waals surface area contributed by atoms with Gasteiger partial charge in [0.2, 0.25) is 0 Å². The first-order chi connectivity index (χ1) is 13.1. The van der Waals surface area contributed by atoms with Crippen LogP contribution >= 0.6 is 0 Å². The number of ether oxygens (including phenoxy) is 1. The van der Waals surface area contributed by atoms with E-state index in [4.69, 9.17) is 4.74 Å². The van der Waals surface area contributed by atoms with Crippen molar-refractivity contribution in [3.8, 4) is 5.75 Å². The fraction of sp³-hybridized carbons (Fsp3) is 0.409. The van der Waals surface area contributed by atoms with E-state index in [0.717, 1.165) is 53.8 Å². The number of aryl methyl sites for hydroxylation is 1. The number of aromatic nitrogens is 2. The predicted molar refractivity (Wildman–Crippen MR) is 105 cm³/mol. The van der Waals surface area contributed by atoms with Crippen molar-refractivity contribution in [1.29, 1.82) is 0 Å². The third-order valence-corrected chi connectivity index (χ3v) is 6.21. The van der Waals surface area contributed by atoms with Gasteiger partial charge in [0.25, 0.3) is 0 Å². The van der Waals surface area contributed by atoms with E-state index >= 15 is 0 Å². The quantitative estimate of drug-likeness (QED) is 0.748. The van der Waals surface area contributed by atoms with Gasteiger partial charge in [0.05, 0.1) is 30.6 Å². The van der Waals surface area contributed by atoms with Crippen molar-refractivity contribution < 1.29 is 9.84 Å². The highest BCUT2D eigenvalue weighted by Gasteiger charge is 2.37. The summed E-state index contributed by atoms with van der Waals surface area (Å²) >= 11 is 0. The molecule has 2 aromatic carbocycles. The molecule has 0 radical (unpaired) electrons. The molecule has 1 aromatic heterocycles. The molecule has 3 atom stereocenters. The number of benzene rings is 2. The molecule has 2 N–H and O–H groups in total. The van der Waals surface area contributed by atoms with E-state index in [9.17, 15) is 5.11 Å². The highest BCUT2D eigenvalue weighted by atomic mass is 16.5. The van der Waals surface area contributed by atoms with E-state index in [2.05, 4.69) is 46.1 Å². The number of methoxy groups -OCH3 is 1. The molecule has 5 nitrogen and oxygen atoms in total. The van der Waals surface area contributed by atoms with Crippen LogP contribution in [0.2, 0.25) is 0 Å². The van der Waals surface area contributed by atoms with E-state index in [-0.39, 0.29) is 6.10 Å². The number of nitrogens with one attached hydrogen (secondary N) is 1. The van der Waals surface area contributed by atoms with E-state index in [1.54, 1.807) is 7.11 Å². The van der Waals surface area contributed by atoms with Gasteiger partial charge in [-0.1, -0.05) is 12.1 Å². The Morgan fingerprint density at radius 1 is 1.26 bits per heavy atom. The molecule has 2 heterocycles. The van der Waals surface area contributed by atoms with Crippen LogP contribution in [-0.2, 0) is 6.54 Å². The maximum Gasteiger partial charge on any atom is 0.121 e. The van der Waals surface area contributed by atoms with Gasteiger partial charge in [-0.15, -0.1) is 0 Å². The van der Waals surface area contributed by atoms with Gasteiger partial charge >= 0.3 is 0 Å². The molecule has 3 aromatic rings. The molecule has 3 unspecified atom stereocenters. The Kier molecular flexibility index (Phi) is 3.95. The SMILES string of the molecule is COc1ccc(Cn2cnc3cc4c(cc32)C2NCCC2CC4O)cc1C. The first kappa shape index (κ1) is 16.8. The summed E-state index contributed by atoms with van der Waals surface area (Å²) in [5, 5.41) is 14.2. The van der Waals surface area contributed by atoms with E-state index in [0.29, 0.717) is 12.0 Å². The van der Waals surface area contributed by atoms with Crippen molar-refractivity contribution >= 4 is 11.0 Å². The van der Waals surface area contributed by atoms with Crippen LogP contribution in [0.5, 0.6) is 5.75 Å². The standard InChI is InChI=1S/C22H25N3O2/c1-13-7-14(3-4-21(13)27-2)11-25-12-24-18-9-16-17(10-19(18)25)22-15(5-6-23-22)8-20(16)26/h3-4,7,9-10,12,15,20,22-23,26H,5-6,8,11H2,1-2H3. The molecule has 27 heavy (non-hydrogen) atoms. The minimum absolute atomic E-state index is 0.361. The van der Waals surface area contributed by atoms with Crippen molar-refractivity contribution in [2.75, 3.05) is 13.7 Å². The summed E-state index contributed by atoms with van der Waals surface area (Å²) < 4.78 is 7.56. The van der Waals surface area contributed by atoms with Gasteiger partial charge in [0.1, 0.15) is 5.75 Å². The Morgan fingerprint density at radius 3 is 2.96 bits per heavy atom. The van der Waals surface area contributed by atoms with Crippen LogP contribution in [0.25, 0.3) is 11.0 Å². The summed E-state index contributed by atoms with van der Waals surface area (Å²) in [6.07, 6.45) is 3.52. The Hall–Kier alpha value is -2.37. The predicted octanol–water partition coefficient (Wildman–Crippen LogP) is 3.49. The van der Waals surface area contributed by atoms with Gasteiger partial charge < -0.3 is 19.7 Å². The molecular formula is C22H25N3O2. The van der Waals surface area contributed by atoms with E-state index in [1.807, 2.05) is 12.4 Å². The van der Waals surface area contributed by atoms with Crippen molar-refractivity contribution in [3.63, 3.8) is 0 Å². The van der Waals surface area contributed by atoms with Gasteiger partial charge in [-0.2, -0.15) is 0 Å². The molecule has 0 saturated carbocycles. The molecule has 0 bridgehead atoms. The Bertz CT molecular complexity index is 1010. The van der Waals surface area contributed by atoms with Crippen LogP contribution in [0.3, 0.4) is 0 Å². The Balaban J connectivity index is 1.55. The third kappa shape index (κ3) is 2.73. The van der Waals surface area contributed by atoms with E-state index in [1.165, 1.54) is 11.1 Å². The van der Waals surface area contributed by atoms with Crippen LogP contribution in [-0.4, -0.2) is 28.3 Å². The number of aliphatic hydroxyl groups excluding tert-OH is 1. The van der Waals surface area contributed by atoms with Gasteiger partial charge in [-0.05, 0) is 72.7 Å². The molecule has 1 aliphatic carbocycles.